The van der Waals surface area contributed by atoms with Crippen LogP contribution in [0.15, 0.2) is 54.1 Å². The number of amides is 1. The van der Waals surface area contributed by atoms with E-state index in [-0.39, 0.29) is 11.9 Å². The van der Waals surface area contributed by atoms with Crippen molar-refractivity contribution >= 4 is 5.91 Å². The fourth-order valence-corrected chi connectivity index (χ4v) is 2.93. The number of allylic oxidation sites excluding steroid dienone is 2. The van der Waals surface area contributed by atoms with Crippen LogP contribution in [0.3, 0.4) is 0 Å². The molecule has 1 unspecified atom stereocenters. The summed E-state index contributed by atoms with van der Waals surface area (Å²) in [5.41, 5.74) is 3.43. The van der Waals surface area contributed by atoms with Crippen molar-refractivity contribution in [1.82, 2.24) is 4.90 Å². The van der Waals surface area contributed by atoms with E-state index in [1.807, 2.05) is 35.2 Å². The summed E-state index contributed by atoms with van der Waals surface area (Å²) >= 11 is 0. The average molecular weight is 297 g/mol. The van der Waals surface area contributed by atoms with Gasteiger partial charge in [0.2, 0.25) is 0 Å². The Labute approximate surface area is 134 Å². The number of hydrogen-bond acceptors (Lipinski definition) is 1. The fraction of sp³-hybridized carbons (Fsp3) is 0.450. The van der Waals surface area contributed by atoms with Crippen LogP contribution in [-0.2, 0) is 0 Å². The minimum Gasteiger partial charge on any atom is -0.332 e. The van der Waals surface area contributed by atoms with Gasteiger partial charge in [-0.15, -0.1) is 0 Å². The number of hydrogen-bond donors (Lipinski definition) is 0. The molecule has 0 heterocycles. The Bertz CT molecular complexity index is 556. The highest BCUT2D eigenvalue weighted by Gasteiger charge is 2.22. The first-order valence-electron chi connectivity index (χ1n) is 8.18. The van der Waals surface area contributed by atoms with E-state index in [0.717, 1.165) is 31.4 Å². The van der Waals surface area contributed by atoms with Crippen LogP contribution < -0.4 is 0 Å². The third-order valence-corrected chi connectivity index (χ3v) is 4.48. The zero-order valence-corrected chi connectivity index (χ0v) is 14.0. The second kappa shape index (κ2) is 7.44. The average Bonchev–Trinajstić information content (AvgIpc) is 2.53. The quantitative estimate of drug-likeness (QED) is 0.712. The van der Waals surface area contributed by atoms with E-state index in [1.165, 1.54) is 11.1 Å². The van der Waals surface area contributed by atoms with Gasteiger partial charge >= 0.3 is 0 Å². The van der Waals surface area contributed by atoms with Gasteiger partial charge in [0, 0.05) is 18.2 Å². The largest absolute Gasteiger partial charge is 0.332 e. The number of rotatable bonds is 5. The molecule has 0 spiro atoms. The molecule has 2 nitrogen and oxygen atoms in total. The molecule has 1 aliphatic carbocycles. The molecule has 1 aliphatic rings. The molecule has 22 heavy (non-hydrogen) atoms. The van der Waals surface area contributed by atoms with E-state index >= 15 is 0 Å². The minimum absolute atomic E-state index is 0.124. The van der Waals surface area contributed by atoms with Crippen LogP contribution >= 0.6 is 0 Å². The number of benzene rings is 1. The fourth-order valence-electron chi connectivity index (χ4n) is 2.93. The van der Waals surface area contributed by atoms with Crippen LogP contribution in [0.2, 0.25) is 0 Å². The standard InChI is InChI=1S/C20H27NO/c1-15(2)18-12-10-17(11-13-18)14-21(16(3)4)20(22)19-8-6-5-7-9-19/h5-10,16,18H,1,11-14H2,2-4H3. The molecule has 2 heteroatoms. The maximum atomic E-state index is 12.7. The van der Waals surface area contributed by atoms with Gasteiger partial charge in [0.05, 0.1) is 0 Å². The summed E-state index contributed by atoms with van der Waals surface area (Å²) < 4.78 is 0. The molecule has 0 saturated heterocycles. The van der Waals surface area contributed by atoms with Gasteiger partial charge in [-0.1, -0.05) is 42.0 Å². The monoisotopic (exact) mass is 297 g/mol. The smallest absolute Gasteiger partial charge is 0.254 e. The second-order valence-corrected chi connectivity index (χ2v) is 6.57. The maximum absolute atomic E-state index is 12.7. The van der Waals surface area contributed by atoms with Crippen LogP contribution in [0.1, 0.15) is 50.4 Å². The highest BCUT2D eigenvalue weighted by Crippen LogP contribution is 2.29. The van der Waals surface area contributed by atoms with Gasteiger partial charge in [-0.3, -0.25) is 4.79 Å². The van der Waals surface area contributed by atoms with Crippen molar-refractivity contribution in [1.29, 1.82) is 0 Å². The zero-order chi connectivity index (χ0) is 16.1. The molecule has 0 radical (unpaired) electrons. The highest BCUT2D eigenvalue weighted by molar-refractivity contribution is 5.94. The number of nitrogens with zero attached hydrogens (tertiary/aromatic N) is 1. The molecule has 2 rings (SSSR count). The van der Waals surface area contributed by atoms with Crippen molar-refractivity contribution in [3.05, 3.63) is 59.7 Å². The second-order valence-electron chi connectivity index (χ2n) is 6.57. The predicted octanol–water partition coefficient (Wildman–Crippen LogP) is 4.84. The zero-order valence-electron chi connectivity index (χ0n) is 14.0. The van der Waals surface area contributed by atoms with Crippen LogP contribution in [0.5, 0.6) is 0 Å². The summed E-state index contributed by atoms with van der Waals surface area (Å²) in [7, 11) is 0. The lowest BCUT2D eigenvalue weighted by atomic mass is 9.85. The minimum atomic E-state index is 0.124. The molecule has 0 aromatic heterocycles. The molecular formula is C20H27NO. The molecule has 1 aromatic carbocycles. The van der Waals surface area contributed by atoms with Crippen LogP contribution in [0.4, 0.5) is 0 Å². The van der Waals surface area contributed by atoms with E-state index in [9.17, 15) is 4.79 Å². The SMILES string of the molecule is C=C(C)C1CC=C(CN(C(=O)c2ccccc2)C(C)C)CC1. The Hall–Kier alpha value is -1.83. The Kier molecular flexibility index (Phi) is 5.59. The number of carbonyl (C=O) groups excluding carboxylic acids is 1. The summed E-state index contributed by atoms with van der Waals surface area (Å²) in [4.78, 5) is 14.7. The third kappa shape index (κ3) is 4.09. The molecule has 1 atom stereocenters. The molecular weight excluding hydrogens is 270 g/mol. The summed E-state index contributed by atoms with van der Waals surface area (Å²) in [6, 6.07) is 9.77. The van der Waals surface area contributed by atoms with Gasteiger partial charge in [0.1, 0.15) is 0 Å². The maximum Gasteiger partial charge on any atom is 0.254 e. The van der Waals surface area contributed by atoms with Gasteiger partial charge in [0.25, 0.3) is 5.91 Å². The van der Waals surface area contributed by atoms with E-state index in [1.54, 1.807) is 0 Å². The van der Waals surface area contributed by atoms with E-state index in [2.05, 4.69) is 33.4 Å². The van der Waals surface area contributed by atoms with Gasteiger partial charge < -0.3 is 4.90 Å². The molecule has 0 bridgehead atoms. The summed E-state index contributed by atoms with van der Waals surface area (Å²) in [6.07, 6.45) is 5.61. The first-order valence-corrected chi connectivity index (χ1v) is 8.18. The van der Waals surface area contributed by atoms with E-state index < -0.39 is 0 Å². The van der Waals surface area contributed by atoms with E-state index in [4.69, 9.17) is 0 Å². The molecule has 0 aliphatic heterocycles. The van der Waals surface area contributed by atoms with Crippen LogP contribution in [0.25, 0.3) is 0 Å². The van der Waals surface area contributed by atoms with E-state index in [0.29, 0.717) is 5.92 Å². The van der Waals surface area contributed by atoms with Crippen LogP contribution in [0, 0.1) is 5.92 Å². The van der Waals surface area contributed by atoms with Crippen LogP contribution in [-0.4, -0.2) is 23.4 Å². The molecule has 0 saturated carbocycles. The lowest BCUT2D eigenvalue weighted by Crippen LogP contribution is -2.38. The van der Waals surface area contributed by atoms with Crippen molar-refractivity contribution in [3.8, 4) is 0 Å². The molecule has 1 aromatic rings. The van der Waals surface area contributed by atoms with Crippen molar-refractivity contribution in [2.24, 2.45) is 5.92 Å². The molecule has 0 fully saturated rings. The Morgan fingerprint density at radius 2 is 2.00 bits per heavy atom. The molecule has 1 amide bonds. The molecule has 118 valence electrons. The summed E-state index contributed by atoms with van der Waals surface area (Å²) in [6.45, 7) is 11.1. The van der Waals surface area contributed by atoms with Crippen molar-refractivity contribution < 1.29 is 4.79 Å². The Morgan fingerprint density at radius 3 is 2.50 bits per heavy atom. The lowest BCUT2D eigenvalue weighted by molar-refractivity contribution is 0.0721. The van der Waals surface area contributed by atoms with Gasteiger partial charge in [-0.05, 0) is 58.1 Å². The molecule has 0 N–H and O–H groups in total. The van der Waals surface area contributed by atoms with Crippen molar-refractivity contribution in [2.45, 2.75) is 46.1 Å². The Morgan fingerprint density at radius 1 is 1.32 bits per heavy atom. The Balaban J connectivity index is 2.07. The lowest BCUT2D eigenvalue weighted by Gasteiger charge is -2.30. The predicted molar refractivity (Wildman–Crippen MR) is 92.9 cm³/mol. The summed E-state index contributed by atoms with van der Waals surface area (Å²) in [5, 5.41) is 0. The topological polar surface area (TPSA) is 20.3 Å². The number of carbonyl (C=O) groups is 1. The first kappa shape index (κ1) is 16.5. The van der Waals surface area contributed by atoms with Crippen molar-refractivity contribution in [3.63, 3.8) is 0 Å². The highest BCUT2D eigenvalue weighted by atomic mass is 16.2. The summed E-state index contributed by atoms with van der Waals surface area (Å²) in [5.74, 6) is 0.736. The first-order chi connectivity index (χ1) is 10.5. The van der Waals surface area contributed by atoms with Gasteiger partial charge in [-0.25, -0.2) is 0 Å². The van der Waals surface area contributed by atoms with Crippen molar-refractivity contribution in [2.75, 3.05) is 6.54 Å². The van der Waals surface area contributed by atoms with Gasteiger partial charge in [-0.2, -0.15) is 0 Å². The van der Waals surface area contributed by atoms with Gasteiger partial charge in [0.15, 0.2) is 0 Å². The normalized spacial score (nSPS) is 18.0. The third-order valence-electron chi connectivity index (χ3n) is 4.48.